The second-order valence-corrected chi connectivity index (χ2v) is 3.83. The number of thiophene rings is 1. The SMILES string of the molecule is COc1csc(C(=O)NCCCN=[N+]=[N-])c1. The summed E-state index contributed by atoms with van der Waals surface area (Å²) < 4.78 is 4.98. The van der Waals surface area contributed by atoms with Crippen molar-refractivity contribution in [1.82, 2.24) is 5.32 Å². The van der Waals surface area contributed by atoms with E-state index in [-0.39, 0.29) is 5.91 Å². The molecule has 0 aliphatic heterocycles. The van der Waals surface area contributed by atoms with Gasteiger partial charge in [-0.1, -0.05) is 5.11 Å². The van der Waals surface area contributed by atoms with Gasteiger partial charge in [0.25, 0.3) is 5.91 Å². The molecule has 1 N–H and O–H groups in total. The molecule has 1 heterocycles. The van der Waals surface area contributed by atoms with Crippen LogP contribution in [0, 0.1) is 0 Å². The Bertz CT molecular complexity index is 398. The third kappa shape index (κ3) is 3.80. The lowest BCUT2D eigenvalue weighted by Crippen LogP contribution is -2.23. The minimum absolute atomic E-state index is 0.130. The van der Waals surface area contributed by atoms with Gasteiger partial charge in [-0.3, -0.25) is 4.79 Å². The van der Waals surface area contributed by atoms with E-state index in [4.69, 9.17) is 10.3 Å². The lowest BCUT2D eigenvalue weighted by Gasteiger charge is -2.00. The van der Waals surface area contributed by atoms with E-state index in [1.165, 1.54) is 11.3 Å². The summed E-state index contributed by atoms with van der Waals surface area (Å²) in [5.74, 6) is 0.554. The normalized spacial score (nSPS) is 9.31. The van der Waals surface area contributed by atoms with E-state index >= 15 is 0 Å². The molecule has 1 aromatic rings. The summed E-state index contributed by atoms with van der Waals surface area (Å²) >= 11 is 1.33. The molecule has 1 rings (SSSR count). The number of nitrogens with zero attached hydrogens (tertiary/aromatic N) is 3. The van der Waals surface area contributed by atoms with E-state index in [1.807, 2.05) is 0 Å². The quantitative estimate of drug-likeness (QED) is 0.357. The molecule has 0 aromatic carbocycles. The van der Waals surface area contributed by atoms with Crippen LogP contribution in [0.1, 0.15) is 16.1 Å². The topological polar surface area (TPSA) is 87.1 Å². The van der Waals surface area contributed by atoms with Crippen LogP contribution in [0.2, 0.25) is 0 Å². The van der Waals surface area contributed by atoms with Gasteiger partial charge in [0.15, 0.2) is 0 Å². The zero-order valence-electron chi connectivity index (χ0n) is 8.84. The van der Waals surface area contributed by atoms with Crippen molar-refractivity contribution >= 4 is 17.2 Å². The monoisotopic (exact) mass is 240 g/mol. The van der Waals surface area contributed by atoms with Gasteiger partial charge in [0, 0.05) is 29.4 Å². The number of rotatable bonds is 6. The molecule has 0 spiro atoms. The fourth-order valence-electron chi connectivity index (χ4n) is 1.03. The molecule has 0 unspecified atom stereocenters. The molecule has 0 fully saturated rings. The van der Waals surface area contributed by atoms with E-state index in [0.29, 0.717) is 30.1 Å². The van der Waals surface area contributed by atoms with Gasteiger partial charge in [0.05, 0.1) is 12.0 Å². The largest absolute Gasteiger partial charge is 0.496 e. The summed E-state index contributed by atoms with van der Waals surface area (Å²) in [4.78, 5) is 14.8. The van der Waals surface area contributed by atoms with Crippen LogP contribution in [0.4, 0.5) is 0 Å². The van der Waals surface area contributed by atoms with Gasteiger partial charge in [0.1, 0.15) is 5.75 Å². The maximum Gasteiger partial charge on any atom is 0.261 e. The number of amides is 1. The molecule has 0 atom stereocenters. The van der Waals surface area contributed by atoms with Gasteiger partial charge in [-0.25, -0.2) is 0 Å². The molecular formula is C9H12N4O2S. The van der Waals surface area contributed by atoms with Crippen LogP contribution < -0.4 is 10.1 Å². The number of nitrogens with one attached hydrogen (secondary N) is 1. The van der Waals surface area contributed by atoms with Crippen LogP contribution in [0.15, 0.2) is 16.6 Å². The number of carbonyl (C=O) groups excluding carboxylic acids is 1. The van der Waals surface area contributed by atoms with E-state index in [0.717, 1.165) is 0 Å². The molecule has 86 valence electrons. The molecule has 7 heteroatoms. The number of carbonyl (C=O) groups is 1. The summed E-state index contributed by atoms with van der Waals surface area (Å²) in [6.45, 7) is 0.891. The Kier molecular flexibility index (Phi) is 5.18. The fourth-order valence-corrected chi connectivity index (χ4v) is 1.80. The maximum absolute atomic E-state index is 11.5. The average Bonchev–Trinajstić information content (AvgIpc) is 2.77. The second-order valence-electron chi connectivity index (χ2n) is 2.91. The van der Waals surface area contributed by atoms with Crippen molar-refractivity contribution in [3.8, 4) is 5.75 Å². The summed E-state index contributed by atoms with van der Waals surface area (Å²) in [5, 5.41) is 7.87. The van der Waals surface area contributed by atoms with Gasteiger partial charge in [-0.05, 0) is 12.0 Å². The first kappa shape index (κ1) is 12.4. The van der Waals surface area contributed by atoms with Gasteiger partial charge < -0.3 is 10.1 Å². The number of ether oxygens (including phenoxy) is 1. The minimum atomic E-state index is -0.130. The van der Waals surface area contributed by atoms with Crippen molar-refractivity contribution in [3.05, 3.63) is 26.8 Å². The molecule has 6 nitrogen and oxygen atoms in total. The lowest BCUT2D eigenvalue weighted by atomic mass is 10.4. The van der Waals surface area contributed by atoms with Crippen LogP contribution in [0.3, 0.4) is 0 Å². The Morgan fingerprint density at radius 2 is 2.56 bits per heavy atom. The summed E-state index contributed by atoms with van der Waals surface area (Å²) in [6.07, 6.45) is 0.637. The number of hydrogen-bond donors (Lipinski definition) is 1. The Morgan fingerprint density at radius 1 is 1.75 bits per heavy atom. The molecule has 0 radical (unpaired) electrons. The highest BCUT2D eigenvalue weighted by Crippen LogP contribution is 2.20. The molecule has 1 amide bonds. The second kappa shape index (κ2) is 6.71. The average molecular weight is 240 g/mol. The van der Waals surface area contributed by atoms with Crippen LogP contribution in [-0.2, 0) is 0 Å². The van der Waals surface area contributed by atoms with E-state index in [9.17, 15) is 4.79 Å². The van der Waals surface area contributed by atoms with E-state index in [2.05, 4.69) is 15.3 Å². The van der Waals surface area contributed by atoms with E-state index in [1.54, 1.807) is 18.6 Å². The molecule has 1 aromatic heterocycles. The molecule has 0 aliphatic carbocycles. The zero-order valence-corrected chi connectivity index (χ0v) is 9.66. The van der Waals surface area contributed by atoms with Crippen molar-refractivity contribution in [1.29, 1.82) is 0 Å². The van der Waals surface area contributed by atoms with Crippen LogP contribution in [0.25, 0.3) is 10.4 Å². The first-order valence-electron chi connectivity index (χ1n) is 4.69. The number of hydrogen-bond acceptors (Lipinski definition) is 4. The van der Waals surface area contributed by atoms with Crippen molar-refractivity contribution in [2.45, 2.75) is 6.42 Å². The predicted molar refractivity (Wildman–Crippen MR) is 61.8 cm³/mol. The molecular weight excluding hydrogens is 228 g/mol. The Hall–Kier alpha value is -1.72. The molecule has 0 saturated carbocycles. The highest BCUT2D eigenvalue weighted by Gasteiger charge is 2.08. The van der Waals surface area contributed by atoms with Crippen molar-refractivity contribution in [2.75, 3.05) is 20.2 Å². The molecule has 0 aliphatic rings. The minimum Gasteiger partial charge on any atom is -0.496 e. The van der Waals surface area contributed by atoms with Crippen molar-refractivity contribution in [3.63, 3.8) is 0 Å². The fraction of sp³-hybridized carbons (Fsp3) is 0.444. The highest BCUT2D eigenvalue weighted by atomic mass is 32.1. The van der Waals surface area contributed by atoms with Gasteiger partial charge in [-0.15, -0.1) is 11.3 Å². The van der Waals surface area contributed by atoms with Gasteiger partial charge in [0.2, 0.25) is 0 Å². The summed E-state index contributed by atoms with van der Waals surface area (Å²) in [5.41, 5.74) is 8.04. The maximum atomic E-state index is 11.5. The molecule has 16 heavy (non-hydrogen) atoms. The Balaban J connectivity index is 2.32. The Labute approximate surface area is 96.9 Å². The molecule has 0 saturated heterocycles. The first-order valence-corrected chi connectivity index (χ1v) is 5.57. The summed E-state index contributed by atoms with van der Waals surface area (Å²) in [6, 6.07) is 1.69. The summed E-state index contributed by atoms with van der Waals surface area (Å²) in [7, 11) is 1.56. The van der Waals surface area contributed by atoms with Gasteiger partial charge in [-0.2, -0.15) is 0 Å². The lowest BCUT2D eigenvalue weighted by molar-refractivity contribution is 0.0957. The predicted octanol–water partition coefficient (Wildman–Crippen LogP) is 2.19. The number of azide groups is 1. The van der Waals surface area contributed by atoms with Gasteiger partial charge >= 0.3 is 0 Å². The van der Waals surface area contributed by atoms with Crippen molar-refractivity contribution < 1.29 is 9.53 Å². The molecule has 0 bridgehead atoms. The first-order chi connectivity index (χ1) is 7.77. The van der Waals surface area contributed by atoms with Crippen LogP contribution in [0.5, 0.6) is 5.75 Å². The highest BCUT2D eigenvalue weighted by molar-refractivity contribution is 7.12. The zero-order chi connectivity index (χ0) is 11.8. The third-order valence-electron chi connectivity index (χ3n) is 1.82. The number of methoxy groups -OCH3 is 1. The van der Waals surface area contributed by atoms with Crippen molar-refractivity contribution in [2.24, 2.45) is 5.11 Å². The van der Waals surface area contributed by atoms with Crippen LogP contribution in [-0.4, -0.2) is 26.1 Å². The van der Waals surface area contributed by atoms with Crippen LogP contribution >= 0.6 is 11.3 Å². The standard InChI is InChI=1S/C9H12N4O2S/c1-15-7-5-8(16-6-7)9(14)11-3-2-4-12-13-10/h5-6H,2-4H2,1H3,(H,11,14). The Morgan fingerprint density at radius 3 is 3.19 bits per heavy atom. The van der Waals surface area contributed by atoms with E-state index < -0.39 is 0 Å². The third-order valence-corrected chi connectivity index (χ3v) is 2.73. The smallest absolute Gasteiger partial charge is 0.261 e.